The van der Waals surface area contributed by atoms with Crippen molar-refractivity contribution in [3.63, 3.8) is 0 Å². The van der Waals surface area contributed by atoms with Gasteiger partial charge in [0.2, 0.25) is 23.6 Å². The second kappa shape index (κ2) is 39.5. The molecule has 12 atom stereocenters. The lowest BCUT2D eigenvalue weighted by Gasteiger charge is -2.42. The number of aliphatic imine (C=N–C) groups is 4. The molecule has 16 N–H and O–H groups in total. The summed E-state index contributed by atoms with van der Waals surface area (Å²) in [6.45, 7) is 36.8. The van der Waals surface area contributed by atoms with E-state index in [9.17, 15) is 58.8 Å². The van der Waals surface area contributed by atoms with Crippen molar-refractivity contribution in [2.75, 3.05) is 6.61 Å². The zero-order valence-corrected chi connectivity index (χ0v) is 88.4. The first-order chi connectivity index (χ1) is 69.7. The summed E-state index contributed by atoms with van der Waals surface area (Å²) in [7, 11) is 0. The third kappa shape index (κ3) is 20.2. The van der Waals surface area contributed by atoms with Gasteiger partial charge in [-0.25, -0.2) is 20.0 Å². The van der Waals surface area contributed by atoms with Crippen LogP contribution in [0.4, 0.5) is 0 Å². The topological polar surface area (TPSA) is 469 Å². The second-order valence-electron chi connectivity index (χ2n) is 46.3. The van der Waals surface area contributed by atoms with Crippen LogP contribution >= 0.6 is 0 Å². The molecule has 0 unspecified atom stereocenters. The highest BCUT2D eigenvalue weighted by Crippen LogP contribution is 2.54. The number of benzene rings is 8. The van der Waals surface area contributed by atoms with Gasteiger partial charge >= 0.3 is 0 Å². The minimum atomic E-state index is -1.27. The maximum atomic E-state index is 13.5. The van der Waals surface area contributed by atoms with E-state index in [2.05, 4.69) is 58.9 Å². The molecule has 0 saturated carbocycles. The fraction of sp³-hybridized carbons (Fsp3) is 0.483. The van der Waals surface area contributed by atoms with E-state index in [1.54, 1.807) is 86.3 Å². The van der Waals surface area contributed by atoms with Crippen LogP contribution in [0.3, 0.4) is 0 Å². The van der Waals surface area contributed by atoms with Gasteiger partial charge in [-0.05, 0) is 275 Å². The Morgan fingerprint density at radius 3 is 1.16 bits per heavy atom. The molecule has 0 aromatic heterocycles. The first kappa shape index (κ1) is 106. The number of aliphatic hydroxyl groups is 4. The molecular weight excluding hydrogens is 1870 g/mol. The van der Waals surface area contributed by atoms with Crippen molar-refractivity contribution in [3.05, 3.63) is 259 Å². The number of nitrogens with one attached hydrogen (secondary N) is 4. The predicted molar refractivity (Wildman–Crippen MR) is 565 cm³/mol. The first-order valence-corrected chi connectivity index (χ1v) is 52.0. The molecule has 8 aliphatic heterocycles. The van der Waals surface area contributed by atoms with Gasteiger partial charge in [0, 0.05) is 44.5 Å². The van der Waals surface area contributed by atoms with Crippen LogP contribution in [0.1, 0.15) is 365 Å². The number of fused-ring (bicyclic) bond motifs is 8. The first-order valence-electron chi connectivity index (χ1n) is 52.0. The van der Waals surface area contributed by atoms with Gasteiger partial charge in [0.1, 0.15) is 70.3 Å². The summed E-state index contributed by atoms with van der Waals surface area (Å²) in [5.41, 5.74) is 31.9. The number of guanidine groups is 4. The quantitative estimate of drug-likeness (QED) is 0.0427. The number of nitrogens with two attached hydrogens (primary N) is 4. The minimum Gasteiger partial charge on any atom is -0.490 e. The minimum absolute atomic E-state index is 0.0150. The lowest BCUT2D eigenvalue weighted by atomic mass is 9.83. The molecule has 148 heavy (non-hydrogen) atoms. The molecule has 0 spiro atoms. The molecule has 32 nitrogen and oxygen atoms in total. The van der Waals surface area contributed by atoms with Crippen molar-refractivity contribution < 1.29 is 77.7 Å². The van der Waals surface area contributed by atoms with Crippen LogP contribution in [-0.2, 0) is 43.9 Å². The molecule has 8 amide bonds. The number of aryl methyl sites for hydroxylation is 2. The lowest BCUT2D eigenvalue weighted by Crippen LogP contribution is -2.53. The van der Waals surface area contributed by atoms with Gasteiger partial charge in [0.05, 0.1) is 96.2 Å². The van der Waals surface area contributed by atoms with Crippen molar-refractivity contribution in [3.8, 4) is 23.0 Å². The Kier molecular flexibility index (Phi) is 28.2. The Hall–Kier alpha value is -13.6. The molecule has 12 aliphatic rings. The third-order valence-electron chi connectivity index (χ3n) is 32.4. The van der Waals surface area contributed by atoms with Crippen molar-refractivity contribution >= 4 is 71.1 Å². The monoisotopic (exact) mass is 2020 g/mol. The molecule has 4 aliphatic carbocycles. The molecule has 8 aromatic rings. The summed E-state index contributed by atoms with van der Waals surface area (Å²) < 4.78 is 23.7. The molecule has 784 valence electrons. The summed E-state index contributed by atoms with van der Waals surface area (Å²) in [5, 5.41) is 56.3. The Morgan fingerprint density at radius 2 is 0.730 bits per heavy atom. The number of ether oxygens (including phenoxy) is 4. The summed E-state index contributed by atoms with van der Waals surface area (Å²) in [5.74, 6) is 2.15. The van der Waals surface area contributed by atoms with Crippen molar-refractivity contribution in [1.29, 1.82) is 0 Å². The maximum Gasteiger partial charge on any atom is 0.251 e. The molecule has 8 aromatic carbocycles. The van der Waals surface area contributed by atoms with Crippen molar-refractivity contribution in [2.24, 2.45) is 48.3 Å². The second-order valence-corrected chi connectivity index (χ2v) is 46.3. The molecule has 20 rings (SSSR count). The van der Waals surface area contributed by atoms with E-state index in [1.807, 2.05) is 207 Å². The molecule has 0 bridgehead atoms. The van der Waals surface area contributed by atoms with Crippen LogP contribution < -0.4 is 63.1 Å². The summed E-state index contributed by atoms with van der Waals surface area (Å²) in [6.07, 6.45) is 6.93. The number of amides is 8. The van der Waals surface area contributed by atoms with Crippen LogP contribution in [0.5, 0.6) is 23.0 Å². The molecule has 0 radical (unpaired) electrons. The normalized spacial score (nSPS) is 26.5. The van der Waals surface area contributed by atoms with Crippen LogP contribution in [0, 0.1) is 5.41 Å². The number of carbonyl (C=O) groups is 8. The lowest BCUT2D eigenvalue weighted by molar-refractivity contribution is -0.133. The fourth-order valence-corrected chi connectivity index (χ4v) is 23.9. The maximum absolute atomic E-state index is 13.5. The Labute approximate surface area is 866 Å². The van der Waals surface area contributed by atoms with E-state index in [1.165, 1.54) is 0 Å². The van der Waals surface area contributed by atoms with E-state index in [0.29, 0.717) is 64.5 Å². The zero-order chi connectivity index (χ0) is 107. The number of nitrogens with zero attached hydrogens (tertiary/aromatic N) is 8. The predicted octanol–water partition coefficient (Wildman–Crippen LogP) is 14.9. The van der Waals surface area contributed by atoms with Gasteiger partial charge in [-0.1, -0.05) is 152 Å². The van der Waals surface area contributed by atoms with Crippen LogP contribution in [-0.4, -0.2) is 181 Å². The van der Waals surface area contributed by atoms with Gasteiger partial charge in [-0.3, -0.25) is 58.0 Å². The Bertz CT molecular complexity index is 6720. The molecular formula is C116H144N16O16. The van der Waals surface area contributed by atoms with Crippen LogP contribution in [0.2, 0.25) is 0 Å². The smallest absolute Gasteiger partial charge is 0.251 e. The van der Waals surface area contributed by atoms with E-state index >= 15 is 0 Å². The average molecular weight is 2020 g/mol. The number of hydrogen-bond acceptors (Lipinski definition) is 24. The standard InChI is InChI=1S/4C29H36N4O4/c1-27(2)14-17-12-11-16(13-19(17)23(27)33-21(34)15-28(3,4)32-26(33)30)25(36)31-22-18-9-7-8-10-20(18)37-29(5,6)24(22)35;1-27(2)14-20(33-22(34)15-28(3,4)32-26(33)30)18-13-16(11-12-19(18)27)25(36)31-23-17-9-7-8-10-21(17)37-29(5,6)24(23)35;1-5-29(6-2)16-23(34)33(27(30)32-29)21-14-13-17-11-12-18(15-20(17)21)26(36)31-24-19-9-7-8-10-22(19)37-28(3,4)25(24)35;1-4-29(5-2)16-24(34)33(27(30)32-29)22-11-8-9-18-13-14-19(15-21(18)22)26(35)31-25-20-10-6-7-12-23(20)37-17-28(25,3)36/h7-13,22-24,35H,14-15H2,1-6H3,(H2,30,32)(H,31,36);7-13,20,23-24,35H,14-15H2,1-6H3,(H2,30,32)(H,31,36);7-12,15,21,24-25,35H,5-6,13-14,16H2,1-4H3,(H2,30,32)(H,31,36);6-7,10,12-15,22,25,36H,4-5,8-9,11,16-17H2,1-3H3,(H2,30,32)(H,31,35)/t22-,23+,24+;20-,23-,24+;21-,24-,25+;22-,25-,28-/m1111/s1. The third-order valence-corrected chi connectivity index (χ3v) is 32.4. The Morgan fingerprint density at radius 1 is 0.378 bits per heavy atom. The van der Waals surface area contributed by atoms with E-state index in [0.717, 1.165) is 131 Å². The summed E-state index contributed by atoms with van der Waals surface area (Å²) in [6, 6.07) is 48.5. The highest BCUT2D eigenvalue weighted by atomic mass is 16.5. The number of hydrogen-bond donors (Lipinski definition) is 12. The van der Waals surface area contributed by atoms with Crippen LogP contribution in [0.15, 0.2) is 190 Å². The SMILES string of the molecule is CC1(C)CC(=O)N([C@@H]2CC(C)(C)c3ccc(C(=O)N[C@@H]4c5ccccc5OC(C)(C)[C@H]4O)cc32)C(N)=N1.CC1(C)CC(=O)N([C@H]2c3cc(C(=O)N[C@@H]4c5ccccc5OC(C)(C)[C@H]4O)ccc3CC2(C)C)C(N)=N1.CCC1(CC)CC(=O)N([C@@H]2CCCc3ccc(C(=O)N[C@@H]4c5ccccc5OC[C@@]4(C)O)cc32)C(N)=N1.CCC1(CC)CC(=O)N([C@@H]2CCc3ccc(C(=O)N[C@@H]4c5ccccc5OC(C)(C)[C@H]4O)cc32)C(N)=N1. The van der Waals surface area contributed by atoms with E-state index in [4.69, 9.17) is 51.9 Å². The van der Waals surface area contributed by atoms with Crippen LogP contribution in [0.25, 0.3) is 0 Å². The number of aliphatic hydroxyl groups excluding tert-OH is 3. The highest BCUT2D eigenvalue weighted by molar-refractivity contribution is 6.04. The van der Waals surface area contributed by atoms with Gasteiger partial charge in [0.25, 0.3) is 23.6 Å². The van der Waals surface area contributed by atoms with E-state index < -0.39 is 87.0 Å². The highest BCUT2D eigenvalue weighted by Gasteiger charge is 2.54. The molecule has 0 fully saturated rings. The van der Waals surface area contributed by atoms with Crippen molar-refractivity contribution in [2.45, 2.75) is 344 Å². The molecule has 8 heterocycles. The fourth-order valence-electron chi connectivity index (χ4n) is 23.9. The number of rotatable bonds is 16. The molecule has 0 saturated heterocycles. The Balaban J connectivity index is 0.000000135. The van der Waals surface area contributed by atoms with Gasteiger partial charge in [-0.15, -0.1) is 0 Å². The van der Waals surface area contributed by atoms with Gasteiger partial charge in [-0.2, -0.15) is 0 Å². The van der Waals surface area contributed by atoms with E-state index in [-0.39, 0.29) is 126 Å². The van der Waals surface area contributed by atoms with Gasteiger partial charge < -0.3 is 83.6 Å². The summed E-state index contributed by atoms with van der Waals surface area (Å²) >= 11 is 0. The number of para-hydroxylation sites is 4. The van der Waals surface area contributed by atoms with Gasteiger partial charge in [0.15, 0.2) is 23.8 Å². The molecule has 32 heteroatoms. The zero-order valence-electron chi connectivity index (χ0n) is 88.4. The number of carbonyl (C=O) groups excluding carboxylic acids is 8. The largest absolute Gasteiger partial charge is 0.490 e. The van der Waals surface area contributed by atoms with Crippen molar-refractivity contribution in [1.82, 2.24) is 40.9 Å². The average Bonchev–Trinajstić information content (AvgIpc) is 1.63. The summed E-state index contributed by atoms with van der Waals surface area (Å²) in [4.78, 5) is 132.